The SMILES string of the molecule is Clc1ccc(-c2nnc(Cc3ccccc3-c3ccccc3)n2CCN2CCOCC2)cc1. The van der Waals surface area contributed by atoms with Crippen LogP contribution in [0.25, 0.3) is 22.5 Å². The Bertz CT molecular complexity index is 1180. The van der Waals surface area contributed by atoms with E-state index >= 15 is 0 Å². The molecular weight excluding hydrogens is 432 g/mol. The van der Waals surface area contributed by atoms with Crippen LogP contribution >= 0.6 is 11.6 Å². The number of ether oxygens (including phenoxy) is 1. The van der Waals surface area contributed by atoms with Gasteiger partial charge in [0.2, 0.25) is 0 Å². The number of benzene rings is 3. The van der Waals surface area contributed by atoms with E-state index in [2.05, 4.69) is 68.2 Å². The molecule has 33 heavy (non-hydrogen) atoms. The van der Waals surface area contributed by atoms with Gasteiger partial charge < -0.3 is 9.30 Å². The third-order valence-corrected chi connectivity index (χ3v) is 6.38. The van der Waals surface area contributed by atoms with Crippen molar-refractivity contribution >= 4 is 11.6 Å². The largest absolute Gasteiger partial charge is 0.379 e. The molecule has 1 aliphatic heterocycles. The fourth-order valence-electron chi connectivity index (χ4n) is 4.32. The molecule has 0 saturated carbocycles. The maximum absolute atomic E-state index is 6.13. The molecule has 0 aliphatic carbocycles. The van der Waals surface area contributed by atoms with Crippen LogP contribution in [0.2, 0.25) is 5.02 Å². The Morgan fingerprint density at radius 3 is 2.27 bits per heavy atom. The van der Waals surface area contributed by atoms with Gasteiger partial charge in [0.25, 0.3) is 0 Å². The molecule has 1 aromatic heterocycles. The zero-order chi connectivity index (χ0) is 22.5. The Kier molecular flexibility index (Phi) is 6.81. The zero-order valence-electron chi connectivity index (χ0n) is 18.5. The van der Waals surface area contributed by atoms with Crippen LogP contribution in [0.3, 0.4) is 0 Å². The molecule has 2 heterocycles. The number of halogens is 1. The van der Waals surface area contributed by atoms with Crippen LogP contribution in [0.1, 0.15) is 11.4 Å². The molecule has 5 nitrogen and oxygen atoms in total. The molecule has 0 atom stereocenters. The number of hydrogen-bond donors (Lipinski definition) is 0. The predicted molar refractivity (Wildman–Crippen MR) is 132 cm³/mol. The Balaban J connectivity index is 1.48. The van der Waals surface area contributed by atoms with Gasteiger partial charge in [-0.15, -0.1) is 10.2 Å². The van der Waals surface area contributed by atoms with Crippen molar-refractivity contribution in [2.45, 2.75) is 13.0 Å². The van der Waals surface area contributed by atoms with E-state index in [4.69, 9.17) is 16.3 Å². The smallest absolute Gasteiger partial charge is 0.164 e. The van der Waals surface area contributed by atoms with Crippen LogP contribution in [0.4, 0.5) is 0 Å². The first-order chi connectivity index (χ1) is 16.3. The number of hydrogen-bond acceptors (Lipinski definition) is 4. The summed E-state index contributed by atoms with van der Waals surface area (Å²) in [7, 11) is 0. The summed E-state index contributed by atoms with van der Waals surface area (Å²) in [5.74, 6) is 1.85. The summed E-state index contributed by atoms with van der Waals surface area (Å²) >= 11 is 6.13. The second-order valence-corrected chi connectivity index (χ2v) is 8.69. The molecule has 1 fully saturated rings. The van der Waals surface area contributed by atoms with Crippen molar-refractivity contribution in [3.63, 3.8) is 0 Å². The highest BCUT2D eigenvalue weighted by Crippen LogP contribution is 2.27. The molecule has 0 bridgehead atoms. The maximum atomic E-state index is 6.13. The highest BCUT2D eigenvalue weighted by Gasteiger charge is 2.18. The highest BCUT2D eigenvalue weighted by atomic mass is 35.5. The summed E-state index contributed by atoms with van der Waals surface area (Å²) in [6.07, 6.45) is 0.717. The lowest BCUT2D eigenvalue weighted by atomic mass is 9.97. The molecule has 0 radical (unpaired) electrons. The highest BCUT2D eigenvalue weighted by molar-refractivity contribution is 6.30. The summed E-state index contributed by atoms with van der Waals surface area (Å²) in [4.78, 5) is 2.44. The van der Waals surface area contributed by atoms with Crippen LogP contribution in [0.15, 0.2) is 78.9 Å². The molecular formula is C27H27ClN4O. The van der Waals surface area contributed by atoms with Crippen LogP contribution in [-0.2, 0) is 17.7 Å². The van der Waals surface area contributed by atoms with Crippen LogP contribution in [0.5, 0.6) is 0 Å². The van der Waals surface area contributed by atoms with Gasteiger partial charge in [-0.2, -0.15) is 0 Å². The number of nitrogens with zero attached hydrogens (tertiary/aromatic N) is 4. The molecule has 1 saturated heterocycles. The second-order valence-electron chi connectivity index (χ2n) is 8.25. The van der Waals surface area contributed by atoms with E-state index in [1.807, 2.05) is 30.3 Å². The zero-order valence-corrected chi connectivity index (χ0v) is 19.3. The molecule has 6 heteroatoms. The van der Waals surface area contributed by atoms with Gasteiger partial charge in [-0.05, 0) is 41.0 Å². The molecule has 3 aromatic carbocycles. The summed E-state index contributed by atoms with van der Waals surface area (Å²) in [5.41, 5.74) is 4.71. The van der Waals surface area contributed by atoms with Gasteiger partial charge >= 0.3 is 0 Å². The fraction of sp³-hybridized carbons (Fsp3) is 0.259. The first-order valence-corrected chi connectivity index (χ1v) is 11.8. The molecule has 168 valence electrons. The third kappa shape index (κ3) is 5.17. The molecule has 0 N–H and O–H groups in total. The van der Waals surface area contributed by atoms with Crippen molar-refractivity contribution in [3.05, 3.63) is 95.3 Å². The van der Waals surface area contributed by atoms with E-state index in [0.29, 0.717) is 0 Å². The minimum atomic E-state index is 0.717. The molecule has 0 spiro atoms. The van der Waals surface area contributed by atoms with Gasteiger partial charge in [-0.1, -0.05) is 66.2 Å². The van der Waals surface area contributed by atoms with Gasteiger partial charge in [0, 0.05) is 43.2 Å². The molecule has 0 unspecified atom stereocenters. The predicted octanol–water partition coefficient (Wildman–Crippen LogP) is 5.19. The lowest BCUT2D eigenvalue weighted by Gasteiger charge is -2.27. The topological polar surface area (TPSA) is 43.2 Å². The van der Waals surface area contributed by atoms with Crippen molar-refractivity contribution in [3.8, 4) is 22.5 Å². The van der Waals surface area contributed by atoms with Gasteiger partial charge in [-0.25, -0.2) is 0 Å². The van der Waals surface area contributed by atoms with Crippen molar-refractivity contribution in [1.29, 1.82) is 0 Å². The number of aromatic nitrogens is 3. The minimum Gasteiger partial charge on any atom is -0.379 e. The molecule has 1 aliphatic rings. The number of morpholine rings is 1. The second kappa shape index (κ2) is 10.3. The average molecular weight is 459 g/mol. The van der Waals surface area contributed by atoms with E-state index in [-0.39, 0.29) is 0 Å². The molecule has 5 rings (SSSR count). The van der Waals surface area contributed by atoms with Crippen molar-refractivity contribution < 1.29 is 4.74 Å². The van der Waals surface area contributed by atoms with E-state index in [1.54, 1.807) is 0 Å². The van der Waals surface area contributed by atoms with E-state index in [1.165, 1.54) is 16.7 Å². The quantitative estimate of drug-likeness (QED) is 0.382. The van der Waals surface area contributed by atoms with Crippen molar-refractivity contribution in [2.75, 3.05) is 32.8 Å². The monoisotopic (exact) mass is 458 g/mol. The van der Waals surface area contributed by atoms with Crippen molar-refractivity contribution in [2.24, 2.45) is 0 Å². The first kappa shape index (κ1) is 21.8. The fourth-order valence-corrected chi connectivity index (χ4v) is 4.45. The lowest BCUT2D eigenvalue weighted by Crippen LogP contribution is -2.38. The summed E-state index contributed by atoms with van der Waals surface area (Å²) in [6, 6.07) is 26.9. The lowest BCUT2D eigenvalue weighted by molar-refractivity contribution is 0.0363. The number of rotatable bonds is 7. The third-order valence-electron chi connectivity index (χ3n) is 6.12. The maximum Gasteiger partial charge on any atom is 0.164 e. The minimum absolute atomic E-state index is 0.717. The molecule has 4 aromatic rings. The van der Waals surface area contributed by atoms with E-state index in [9.17, 15) is 0 Å². The van der Waals surface area contributed by atoms with Crippen molar-refractivity contribution in [1.82, 2.24) is 19.7 Å². The molecule has 0 amide bonds. The summed E-state index contributed by atoms with van der Waals surface area (Å²) in [5, 5.41) is 9.97. The van der Waals surface area contributed by atoms with Gasteiger partial charge in [-0.3, -0.25) is 4.90 Å². The van der Waals surface area contributed by atoms with Gasteiger partial charge in [0.05, 0.1) is 13.2 Å². The van der Waals surface area contributed by atoms with Gasteiger partial charge in [0.1, 0.15) is 5.82 Å². The van der Waals surface area contributed by atoms with Crippen LogP contribution < -0.4 is 0 Å². The Hall–Kier alpha value is -2.99. The average Bonchev–Trinajstić information content (AvgIpc) is 3.27. The van der Waals surface area contributed by atoms with Gasteiger partial charge in [0.15, 0.2) is 5.82 Å². The Morgan fingerprint density at radius 1 is 0.758 bits per heavy atom. The van der Waals surface area contributed by atoms with Crippen LogP contribution in [-0.4, -0.2) is 52.5 Å². The first-order valence-electron chi connectivity index (χ1n) is 11.4. The standard InChI is InChI=1S/C27H27ClN4O/c28-24-12-10-22(11-13-24)27-30-29-26(32(27)15-14-31-16-18-33-19-17-31)20-23-8-4-5-9-25(23)21-6-2-1-3-7-21/h1-13H,14-20H2. The van der Waals surface area contributed by atoms with E-state index in [0.717, 1.165) is 68.0 Å². The summed E-state index contributed by atoms with van der Waals surface area (Å²) in [6.45, 7) is 5.28. The normalized spacial score (nSPS) is 14.5. The summed E-state index contributed by atoms with van der Waals surface area (Å²) < 4.78 is 7.78. The Labute approximate surface area is 199 Å². The van der Waals surface area contributed by atoms with E-state index < -0.39 is 0 Å². The van der Waals surface area contributed by atoms with Crippen LogP contribution in [0, 0.1) is 0 Å². The Morgan fingerprint density at radius 2 is 1.48 bits per heavy atom.